The number of aromatic nitrogens is 1. The minimum atomic E-state index is -0.301. The molecule has 0 bridgehead atoms. The zero-order valence-electron chi connectivity index (χ0n) is 12.3. The molecule has 0 saturated heterocycles. The second-order valence-electron chi connectivity index (χ2n) is 4.84. The fourth-order valence-corrected chi connectivity index (χ4v) is 2.29. The quantitative estimate of drug-likeness (QED) is 0.440. The number of alkyl halides is 1. The van der Waals surface area contributed by atoms with Crippen LogP contribution in [0.25, 0.3) is 11.1 Å². The highest BCUT2D eigenvalue weighted by Gasteiger charge is 2.11. The summed E-state index contributed by atoms with van der Waals surface area (Å²) >= 11 is 3.37. The highest BCUT2D eigenvalue weighted by Crippen LogP contribution is 2.26. The second kappa shape index (κ2) is 7.46. The van der Waals surface area contributed by atoms with E-state index < -0.39 is 0 Å². The number of benzene rings is 2. The van der Waals surface area contributed by atoms with Crippen molar-refractivity contribution in [2.24, 2.45) is 0 Å². The molecule has 0 saturated carbocycles. The van der Waals surface area contributed by atoms with E-state index in [1.807, 2.05) is 18.2 Å². The Bertz CT molecular complexity index is 773. The number of nitrogens with zero attached hydrogens (tertiary/aromatic N) is 1. The van der Waals surface area contributed by atoms with Crippen LogP contribution >= 0.6 is 15.9 Å². The Balaban J connectivity index is 1.71. The van der Waals surface area contributed by atoms with Gasteiger partial charge in [0.25, 0.3) is 0 Å². The first-order valence-electron chi connectivity index (χ1n) is 7.22. The van der Waals surface area contributed by atoms with Gasteiger partial charge in [0.15, 0.2) is 17.7 Å². The SMILES string of the molecule is Fc1ccc(OCc2nc3c(OCCCBr)cccc3o2)cc1. The zero-order valence-corrected chi connectivity index (χ0v) is 13.9. The van der Waals surface area contributed by atoms with Crippen LogP contribution in [0.4, 0.5) is 4.39 Å². The summed E-state index contributed by atoms with van der Waals surface area (Å²) in [5.74, 6) is 1.40. The number of hydrogen-bond acceptors (Lipinski definition) is 4. The Hall–Kier alpha value is -2.08. The second-order valence-corrected chi connectivity index (χ2v) is 5.64. The lowest BCUT2D eigenvalue weighted by molar-refractivity contribution is 0.267. The van der Waals surface area contributed by atoms with Crippen molar-refractivity contribution in [3.63, 3.8) is 0 Å². The molecule has 0 fully saturated rings. The van der Waals surface area contributed by atoms with Crippen molar-refractivity contribution < 1.29 is 18.3 Å². The van der Waals surface area contributed by atoms with E-state index in [4.69, 9.17) is 13.9 Å². The van der Waals surface area contributed by atoms with Gasteiger partial charge in [0.05, 0.1) is 6.61 Å². The van der Waals surface area contributed by atoms with Gasteiger partial charge in [-0.15, -0.1) is 0 Å². The summed E-state index contributed by atoms with van der Waals surface area (Å²) in [4.78, 5) is 4.42. The first-order valence-corrected chi connectivity index (χ1v) is 8.34. The van der Waals surface area contributed by atoms with E-state index in [1.165, 1.54) is 12.1 Å². The van der Waals surface area contributed by atoms with Gasteiger partial charge in [0.2, 0.25) is 5.89 Å². The van der Waals surface area contributed by atoms with E-state index in [-0.39, 0.29) is 12.4 Å². The number of halogens is 2. The third kappa shape index (κ3) is 4.01. The molecule has 23 heavy (non-hydrogen) atoms. The lowest BCUT2D eigenvalue weighted by atomic mass is 10.3. The van der Waals surface area contributed by atoms with Gasteiger partial charge in [-0.05, 0) is 42.8 Å². The molecule has 0 aliphatic carbocycles. The van der Waals surface area contributed by atoms with Gasteiger partial charge in [0, 0.05) is 5.33 Å². The molecule has 4 nitrogen and oxygen atoms in total. The normalized spacial score (nSPS) is 10.9. The van der Waals surface area contributed by atoms with Crippen molar-refractivity contribution in [3.05, 3.63) is 54.2 Å². The monoisotopic (exact) mass is 379 g/mol. The largest absolute Gasteiger partial charge is 0.491 e. The molecule has 0 N–H and O–H groups in total. The van der Waals surface area contributed by atoms with Gasteiger partial charge in [-0.2, -0.15) is 0 Å². The Labute approximate surface area is 141 Å². The standard InChI is InChI=1S/C17H15BrFNO3/c18-9-2-10-21-14-3-1-4-15-17(14)20-16(23-15)11-22-13-7-5-12(19)6-8-13/h1,3-8H,2,9-11H2. The summed E-state index contributed by atoms with van der Waals surface area (Å²) in [6.45, 7) is 0.778. The first kappa shape index (κ1) is 15.8. The van der Waals surface area contributed by atoms with Gasteiger partial charge in [-0.1, -0.05) is 22.0 Å². The number of oxazole rings is 1. The number of para-hydroxylation sites is 1. The fourth-order valence-electron chi connectivity index (χ4n) is 2.06. The minimum absolute atomic E-state index is 0.168. The van der Waals surface area contributed by atoms with Gasteiger partial charge in [0.1, 0.15) is 17.3 Å². The van der Waals surface area contributed by atoms with Gasteiger partial charge < -0.3 is 13.9 Å². The molecule has 0 aliphatic rings. The highest BCUT2D eigenvalue weighted by atomic mass is 79.9. The molecule has 1 heterocycles. The Morgan fingerprint density at radius 3 is 2.70 bits per heavy atom. The van der Waals surface area contributed by atoms with Crippen LogP contribution in [0.15, 0.2) is 46.9 Å². The molecule has 3 aromatic rings. The van der Waals surface area contributed by atoms with E-state index in [9.17, 15) is 4.39 Å². The smallest absolute Gasteiger partial charge is 0.233 e. The summed E-state index contributed by atoms with van der Waals surface area (Å²) in [6, 6.07) is 11.4. The van der Waals surface area contributed by atoms with Crippen LogP contribution < -0.4 is 9.47 Å². The molecule has 0 spiro atoms. The predicted molar refractivity (Wildman–Crippen MR) is 88.6 cm³/mol. The van der Waals surface area contributed by atoms with Crippen LogP contribution in [0, 0.1) is 5.82 Å². The lowest BCUT2D eigenvalue weighted by Gasteiger charge is -2.04. The molecule has 3 rings (SSSR count). The molecule has 1 aromatic heterocycles. The summed E-state index contributed by atoms with van der Waals surface area (Å²) in [7, 11) is 0. The van der Waals surface area contributed by atoms with Gasteiger partial charge >= 0.3 is 0 Å². The minimum Gasteiger partial charge on any atom is -0.491 e. The van der Waals surface area contributed by atoms with Crippen molar-refractivity contribution in [2.75, 3.05) is 11.9 Å². The van der Waals surface area contributed by atoms with Crippen molar-refractivity contribution in [2.45, 2.75) is 13.0 Å². The summed E-state index contributed by atoms with van der Waals surface area (Å²) < 4.78 is 29.8. The van der Waals surface area contributed by atoms with Crippen molar-refractivity contribution in [3.8, 4) is 11.5 Å². The molecular weight excluding hydrogens is 365 g/mol. The maximum Gasteiger partial charge on any atom is 0.233 e. The number of rotatable bonds is 7. The third-order valence-corrected chi connectivity index (χ3v) is 3.70. The van der Waals surface area contributed by atoms with Crippen LogP contribution in [0.3, 0.4) is 0 Å². The van der Waals surface area contributed by atoms with E-state index in [0.717, 1.165) is 11.8 Å². The summed E-state index contributed by atoms with van der Waals surface area (Å²) in [5, 5.41) is 0.887. The number of hydrogen-bond donors (Lipinski definition) is 0. The van der Waals surface area contributed by atoms with Crippen LogP contribution in [-0.2, 0) is 6.61 Å². The molecule has 0 unspecified atom stereocenters. The highest BCUT2D eigenvalue weighted by molar-refractivity contribution is 9.09. The maximum atomic E-state index is 12.9. The maximum absolute atomic E-state index is 12.9. The predicted octanol–water partition coefficient (Wildman–Crippen LogP) is 4.71. The Morgan fingerprint density at radius 1 is 1.09 bits per heavy atom. The van der Waals surface area contributed by atoms with Crippen LogP contribution in [0.2, 0.25) is 0 Å². The van der Waals surface area contributed by atoms with Crippen molar-refractivity contribution in [1.82, 2.24) is 4.98 Å². The van der Waals surface area contributed by atoms with E-state index in [2.05, 4.69) is 20.9 Å². The Morgan fingerprint density at radius 2 is 1.91 bits per heavy atom. The molecule has 0 radical (unpaired) electrons. The van der Waals surface area contributed by atoms with E-state index in [1.54, 1.807) is 12.1 Å². The topological polar surface area (TPSA) is 44.5 Å². The van der Waals surface area contributed by atoms with Crippen molar-refractivity contribution in [1.29, 1.82) is 0 Å². The number of ether oxygens (including phenoxy) is 2. The van der Waals surface area contributed by atoms with Gasteiger partial charge in [-0.25, -0.2) is 9.37 Å². The summed E-state index contributed by atoms with van der Waals surface area (Å²) in [6.07, 6.45) is 0.911. The molecule has 6 heteroatoms. The van der Waals surface area contributed by atoms with E-state index >= 15 is 0 Å². The first-order chi connectivity index (χ1) is 11.3. The Kier molecular flexibility index (Phi) is 5.12. The molecule has 0 amide bonds. The molecule has 2 aromatic carbocycles. The van der Waals surface area contributed by atoms with Crippen molar-refractivity contribution >= 4 is 27.0 Å². The molecule has 0 atom stereocenters. The number of fused-ring (bicyclic) bond motifs is 1. The van der Waals surface area contributed by atoms with Crippen LogP contribution in [0.5, 0.6) is 11.5 Å². The average molecular weight is 380 g/mol. The lowest BCUT2D eigenvalue weighted by Crippen LogP contribution is -1.98. The fraction of sp³-hybridized carbons (Fsp3) is 0.235. The molecule has 120 valence electrons. The third-order valence-electron chi connectivity index (χ3n) is 3.14. The zero-order chi connectivity index (χ0) is 16.1. The van der Waals surface area contributed by atoms with Gasteiger partial charge in [-0.3, -0.25) is 0 Å². The molecular formula is C17H15BrFNO3. The van der Waals surface area contributed by atoms with Crippen LogP contribution in [0.1, 0.15) is 12.3 Å². The molecule has 0 aliphatic heterocycles. The summed E-state index contributed by atoms with van der Waals surface area (Å²) in [5.41, 5.74) is 1.33. The average Bonchev–Trinajstić information content (AvgIpc) is 2.98. The van der Waals surface area contributed by atoms with Crippen LogP contribution in [-0.4, -0.2) is 16.9 Å². The van der Waals surface area contributed by atoms with E-state index in [0.29, 0.717) is 35.1 Å².